The van der Waals surface area contributed by atoms with Crippen LogP contribution in [0.5, 0.6) is 0 Å². The molecule has 11 heteroatoms. The molecule has 0 aromatic heterocycles. The van der Waals surface area contributed by atoms with Crippen LogP contribution in [-0.2, 0) is 23.8 Å². The Labute approximate surface area is 465 Å². The molecule has 0 spiro atoms. The number of amides is 1. The zero-order valence-electron chi connectivity index (χ0n) is 48.7. The normalized spacial score (nSPS) is 19.1. The van der Waals surface area contributed by atoms with Crippen LogP contribution in [0, 0.1) is 0 Å². The molecule has 1 fully saturated rings. The molecular weight excluding hydrogens is 955 g/mol. The van der Waals surface area contributed by atoms with E-state index in [-0.39, 0.29) is 18.5 Å². The predicted octanol–water partition coefficient (Wildman–Crippen LogP) is 15.0. The van der Waals surface area contributed by atoms with Gasteiger partial charge in [-0.15, -0.1) is 0 Å². The number of nitrogens with one attached hydrogen (secondary N) is 1. The number of rotatable bonds is 54. The summed E-state index contributed by atoms with van der Waals surface area (Å²) in [5.74, 6) is -0.234. The first-order valence-corrected chi connectivity index (χ1v) is 31.6. The maximum absolute atomic E-state index is 13.0. The number of hydrogen-bond acceptors (Lipinski definition) is 10. The highest BCUT2D eigenvalue weighted by molar-refractivity contribution is 5.76. The first kappa shape index (κ1) is 71.4. The highest BCUT2D eigenvalue weighted by atomic mass is 16.7. The molecule has 7 atom stereocenters. The summed E-state index contributed by atoms with van der Waals surface area (Å²) in [5, 5.41) is 54.2. The van der Waals surface area contributed by atoms with E-state index in [1.165, 1.54) is 148 Å². The molecule has 0 radical (unpaired) electrons. The Balaban J connectivity index is 2.03. The fourth-order valence-electron chi connectivity index (χ4n) is 9.64. The van der Waals surface area contributed by atoms with Gasteiger partial charge in [-0.1, -0.05) is 242 Å². The largest absolute Gasteiger partial charge is 0.466 e. The van der Waals surface area contributed by atoms with Gasteiger partial charge in [-0.05, 0) is 83.5 Å². The van der Waals surface area contributed by atoms with Crippen molar-refractivity contribution in [1.82, 2.24) is 5.32 Å². The third-order valence-corrected chi connectivity index (χ3v) is 14.6. The second-order valence-corrected chi connectivity index (χ2v) is 21.7. The fraction of sp³-hybridized carbons (Fsp3) is 0.815. The van der Waals surface area contributed by atoms with Crippen LogP contribution in [0.15, 0.2) is 60.8 Å². The smallest absolute Gasteiger partial charge is 0.305 e. The minimum absolute atomic E-state index is 0.0251. The first-order chi connectivity index (χ1) is 37.2. The maximum atomic E-state index is 13.0. The second-order valence-electron chi connectivity index (χ2n) is 21.7. The van der Waals surface area contributed by atoms with Gasteiger partial charge in [0.05, 0.1) is 32.0 Å². The van der Waals surface area contributed by atoms with E-state index in [1.807, 2.05) is 6.08 Å². The predicted molar refractivity (Wildman–Crippen MR) is 315 cm³/mol. The van der Waals surface area contributed by atoms with Gasteiger partial charge in [0, 0.05) is 12.8 Å². The number of esters is 1. The van der Waals surface area contributed by atoms with Gasteiger partial charge in [0.15, 0.2) is 6.29 Å². The Morgan fingerprint density at radius 2 is 0.934 bits per heavy atom. The average molecular weight is 1070 g/mol. The molecule has 442 valence electrons. The molecule has 1 aliphatic heterocycles. The minimum atomic E-state index is -1.58. The van der Waals surface area contributed by atoms with Crippen LogP contribution in [0.2, 0.25) is 0 Å². The Hall–Kier alpha value is -2.64. The fourth-order valence-corrected chi connectivity index (χ4v) is 9.64. The molecule has 0 aromatic carbocycles. The zero-order chi connectivity index (χ0) is 55.2. The van der Waals surface area contributed by atoms with E-state index < -0.39 is 49.5 Å². The molecule has 0 aliphatic carbocycles. The van der Waals surface area contributed by atoms with Crippen molar-refractivity contribution in [3.05, 3.63) is 60.8 Å². The lowest BCUT2D eigenvalue weighted by Crippen LogP contribution is -2.60. The zero-order valence-corrected chi connectivity index (χ0v) is 48.7. The molecule has 0 aromatic rings. The van der Waals surface area contributed by atoms with E-state index in [1.54, 1.807) is 6.08 Å². The lowest BCUT2D eigenvalue weighted by molar-refractivity contribution is -0.302. The van der Waals surface area contributed by atoms with Crippen LogP contribution in [0.1, 0.15) is 277 Å². The van der Waals surface area contributed by atoms with Gasteiger partial charge in [-0.25, -0.2) is 0 Å². The van der Waals surface area contributed by atoms with E-state index in [2.05, 4.69) is 67.8 Å². The topological polar surface area (TPSA) is 175 Å². The van der Waals surface area contributed by atoms with Crippen molar-refractivity contribution in [2.24, 2.45) is 0 Å². The van der Waals surface area contributed by atoms with Crippen LogP contribution in [0.25, 0.3) is 0 Å². The van der Waals surface area contributed by atoms with Crippen LogP contribution in [0.3, 0.4) is 0 Å². The molecule has 6 N–H and O–H groups in total. The number of aliphatic hydroxyl groups is 5. The van der Waals surface area contributed by atoms with Crippen LogP contribution in [0.4, 0.5) is 0 Å². The van der Waals surface area contributed by atoms with Gasteiger partial charge in [0.2, 0.25) is 5.91 Å². The van der Waals surface area contributed by atoms with Gasteiger partial charge in [-0.2, -0.15) is 0 Å². The Bertz CT molecular complexity index is 1450. The van der Waals surface area contributed by atoms with Gasteiger partial charge in [0.1, 0.15) is 24.4 Å². The third kappa shape index (κ3) is 43.3. The molecular formula is C65H117NO10. The molecule has 1 saturated heterocycles. The molecule has 76 heavy (non-hydrogen) atoms. The maximum Gasteiger partial charge on any atom is 0.305 e. The summed E-state index contributed by atoms with van der Waals surface area (Å²) < 4.78 is 16.7. The van der Waals surface area contributed by atoms with Gasteiger partial charge in [0.25, 0.3) is 0 Å². The highest BCUT2D eigenvalue weighted by Crippen LogP contribution is 2.23. The number of carbonyl (C=O) groups is 2. The number of hydrogen-bond donors (Lipinski definition) is 6. The highest BCUT2D eigenvalue weighted by Gasteiger charge is 2.44. The number of carbonyl (C=O) groups excluding carboxylic acids is 2. The van der Waals surface area contributed by atoms with Gasteiger partial charge in [-0.3, -0.25) is 9.59 Å². The van der Waals surface area contributed by atoms with Crippen molar-refractivity contribution >= 4 is 11.9 Å². The van der Waals surface area contributed by atoms with Crippen molar-refractivity contribution in [2.75, 3.05) is 19.8 Å². The lowest BCUT2D eigenvalue weighted by Gasteiger charge is -2.40. The number of aliphatic hydroxyl groups excluding tert-OH is 5. The summed E-state index contributed by atoms with van der Waals surface area (Å²) in [5.41, 5.74) is 0. The molecule has 0 bridgehead atoms. The molecule has 1 aliphatic rings. The van der Waals surface area contributed by atoms with E-state index in [0.29, 0.717) is 25.9 Å². The molecule has 1 rings (SSSR count). The van der Waals surface area contributed by atoms with E-state index in [9.17, 15) is 35.1 Å². The Morgan fingerprint density at radius 3 is 1.42 bits per heavy atom. The van der Waals surface area contributed by atoms with E-state index >= 15 is 0 Å². The standard InChI is InChI=1S/C65H117NO10/c1-3-5-7-9-11-13-15-16-17-18-20-24-27-30-33-37-41-45-49-53-61(70)74-54-50-46-42-38-34-31-28-25-22-19-21-23-26-29-32-36-40-44-48-52-60(69)66-57(56-75-65-64(73)63(72)62(71)59(55-67)76-65)58(68)51-47-43-39-35-14-12-10-8-6-4-2/h6,8,14,25,28,31,34-35,47,51,57-59,62-65,67-68,71-73H,3-5,7,9-13,15-24,26-27,29-30,32-33,36-46,48-50,52-56H2,1-2H3,(H,66,69)/b8-6+,28-25-,34-31-,35-14+,51-47+. The van der Waals surface area contributed by atoms with Crippen molar-refractivity contribution in [2.45, 2.75) is 320 Å². The summed E-state index contributed by atoms with van der Waals surface area (Å²) >= 11 is 0. The van der Waals surface area contributed by atoms with Gasteiger partial charge >= 0.3 is 5.97 Å². The van der Waals surface area contributed by atoms with Crippen molar-refractivity contribution in [1.29, 1.82) is 0 Å². The minimum Gasteiger partial charge on any atom is -0.466 e. The van der Waals surface area contributed by atoms with Crippen LogP contribution in [-0.4, -0.2) is 100 Å². The van der Waals surface area contributed by atoms with E-state index in [4.69, 9.17) is 14.2 Å². The van der Waals surface area contributed by atoms with Crippen molar-refractivity contribution in [3.8, 4) is 0 Å². The SMILES string of the molecule is CC/C=C/CC/C=C/CC/C=C/C(O)C(COC1OC(CO)C(O)C(O)C1O)NC(=O)CCCCCCCCCCCC/C=C\C=C/CCCCCOC(=O)CCCCCCCCCCCCCCCCCCCCC. The number of allylic oxidation sites excluding steroid dienone is 9. The number of unbranched alkanes of at least 4 members (excludes halogenated alkanes) is 33. The Kier molecular flexibility index (Phi) is 51.0. The lowest BCUT2D eigenvalue weighted by atomic mass is 9.99. The monoisotopic (exact) mass is 1070 g/mol. The summed E-state index contributed by atoms with van der Waals surface area (Å²) in [7, 11) is 0. The molecule has 1 heterocycles. The van der Waals surface area contributed by atoms with Crippen molar-refractivity contribution in [3.63, 3.8) is 0 Å². The third-order valence-electron chi connectivity index (χ3n) is 14.6. The molecule has 0 saturated carbocycles. The number of ether oxygens (including phenoxy) is 3. The van der Waals surface area contributed by atoms with Gasteiger partial charge < -0.3 is 45.1 Å². The summed E-state index contributed by atoms with van der Waals surface area (Å²) in [4.78, 5) is 25.1. The summed E-state index contributed by atoms with van der Waals surface area (Å²) in [6.45, 7) is 4.16. The summed E-state index contributed by atoms with van der Waals surface area (Å²) in [6, 6.07) is -0.842. The summed E-state index contributed by atoms with van der Waals surface area (Å²) in [6.07, 6.45) is 60.6. The van der Waals surface area contributed by atoms with E-state index in [0.717, 1.165) is 96.3 Å². The average Bonchev–Trinajstić information content (AvgIpc) is 3.42. The van der Waals surface area contributed by atoms with Crippen LogP contribution < -0.4 is 5.32 Å². The molecule has 1 amide bonds. The second kappa shape index (κ2) is 54.3. The molecule has 7 unspecified atom stereocenters. The van der Waals surface area contributed by atoms with Crippen LogP contribution >= 0.6 is 0 Å². The Morgan fingerprint density at radius 1 is 0.500 bits per heavy atom. The quantitative estimate of drug-likeness (QED) is 0.0149. The van der Waals surface area contributed by atoms with Crippen molar-refractivity contribution < 1.29 is 49.3 Å². The molecule has 11 nitrogen and oxygen atoms in total. The first-order valence-electron chi connectivity index (χ1n) is 31.6.